The molecule has 0 bridgehead atoms. The van der Waals surface area contributed by atoms with Gasteiger partial charge in [0.2, 0.25) is 0 Å². The molecular weight excluding hydrogens is 291 g/mol. The molecule has 0 unspecified atom stereocenters. The molecule has 20 heavy (non-hydrogen) atoms. The van der Waals surface area contributed by atoms with Gasteiger partial charge in [-0.05, 0) is 24.6 Å². The van der Waals surface area contributed by atoms with Crippen LogP contribution in [0.25, 0.3) is 0 Å². The van der Waals surface area contributed by atoms with Gasteiger partial charge < -0.3 is 11.1 Å². The molecule has 8 heteroatoms. The lowest BCUT2D eigenvalue weighted by atomic mass is 10.2. The fourth-order valence-corrected chi connectivity index (χ4v) is 2.35. The molecule has 0 saturated carbocycles. The average Bonchev–Trinajstić information content (AvgIpc) is 2.72. The monoisotopic (exact) mass is 301 g/mol. The van der Waals surface area contributed by atoms with Gasteiger partial charge in [0.1, 0.15) is 4.88 Å². The lowest BCUT2D eigenvalue weighted by molar-refractivity contribution is 0.0954. The van der Waals surface area contributed by atoms with E-state index in [-0.39, 0.29) is 17.2 Å². The Labute approximate surface area is 116 Å². The Morgan fingerprint density at radius 1 is 1.35 bits per heavy atom. The zero-order valence-corrected chi connectivity index (χ0v) is 11.2. The molecular formula is C12H10F3N3OS. The first-order chi connectivity index (χ1) is 9.38. The fourth-order valence-electron chi connectivity index (χ4n) is 1.60. The molecule has 1 heterocycles. The first-order valence-electron chi connectivity index (χ1n) is 5.53. The second-order valence-electron chi connectivity index (χ2n) is 4.02. The normalized spacial score (nSPS) is 10.6. The van der Waals surface area contributed by atoms with Crippen molar-refractivity contribution in [2.24, 2.45) is 0 Å². The SMILES string of the molecule is Cc1nc(N)sc1C(=O)NCc1cc(F)c(F)c(F)c1. The van der Waals surface area contributed by atoms with Gasteiger partial charge in [0.05, 0.1) is 5.69 Å². The maximum atomic E-state index is 13.0. The second kappa shape index (κ2) is 5.49. The Kier molecular flexibility index (Phi) is 3.93. The lowest BCUT2D eigenvalue weighted by Crippen LogP contribution is -2.22. The summed E-state index contributed by atoms with van der Waals surface area (Å²) in [5, 5.41) is 2.72. The van der Waals surface area contributed by atoms with Crippen molar-refractivity contribution in [2.45, 2.75) is 13.5 Å². The zero-order valence-electron chi connectivity index (χ0n) is 10.3. The zero-order chi connectivity index (χ0) is 14.9. The number of halogens is 3. The second-order valence-corrected chi connectivity index (χ2v) is 5.05. The summed E-state index contributed by atoms with van der Waals surface area (Å²) in [6, 6.07) is 1.65. The van der Waals surface area contributed by atoms with Crippen LogP contribution >= 0.6 is 11.3 Å². The molecule has 4 nitrogen and oxygen atoms in total. The van der Waals surface area contributed by atoms with Crippen LogP contribution in [0.3, 0.4) is 0 Å². The van der Waals surface area contributed by atoms with E-state index in [1.54, 1.807) is 6.92 Å². The third kappa shape index (κ3) is 2.90. The Morgan fingerprint density at radius 2 is 1.95 bits per heavy atom. The van der Waals surface area contributed by atoms with E-state index in [1.807, 2.05) is 0 Å². The Balaban J connectivity index is 2.09. The Morgan fingerprint density at radius 3 is 2.45 bits per heavy atom. The van der Waals surface area contributed by atoms with E-state index >= 15 is 0 Å². The number of nitrogens with zero attached hydrogens (tertiary/aromatic N) is 1. The number of hydrogen-bond acceptors (Lipinski definition) is 4. The third-order valence-corrected chi connectivity index (χ3v) is 3.50. The van der Waals surface area contributed by atoms with Crippen molar-refractivity contribution in [2.75, 3.05) is 5.73 Å². The molecule has 2 rings (SSSR count). The summed E-state index contributed by atoms with van der Waals surface area (Å²) in [7, 11) is 0. The van der Waals surface area contributed by atoms with Crippen LogP contribution in [0.2, 0.25) is 0 Å². The number of benzene rings is 1. The topological polar surface area (TPSA) is 68.0 Å². The fraction of sp³-hybridized carbons (Fsp3) is 0.167. The van der Waals surface area contributed by atoms with E-state index in [1.165, 1.54) is 0 Å². The molecule has 0 spiro atoms. The number of nitrogens with one attached hydrogen (secondary N) is 1. The predicted molar refractivity (Wildman–Crippen MR) is 68.7 cm³/mol. The van der Waals surface area contributed by atoms with Crippen LogP contribution in [0.15, 0.2) is 12.1 Å². The maximum absolute atomic E-state index is 13.0. The lowest BCUT2D eigenvalue weighted by Gasteiger charge is -2.05. The number of hydrogen-bond donors (Lipinski definition) is 2. The number of amides is 1. The molecule has 0 atom stereocenters. The number of aromatic nitrogens is 1. The van der Waals surface area contributed by atoms with Crippen LogP contribution in [0.4, 0.5) is 18.3 Å². The van der Waals surface area contributed by atoms with Crippen LogP contribution in [0, 0.1) is 24.4 Å². The van der Waals surface area contributed by atoms with Crippen molar-refractivity contribution >= 4 is 22.4 Å². The van der Waals surface area contributed by atoms with Gasteiger partial charge in [-0.25, -0.2) is 18.2 Å². The molecule has 0 aliphatic carbocycles. The molecule has 0 radical (unpaired) electrons. The van der Waals surface area contributed by atoms with E-state index < -0.39 is 23.4 Å². The van der Waals surface area contributed by atoms with E-state index in [0.717, 1.165) is 23.5 Å². The molecule has 0 aliphatic rings. The summed E-state index contributed by atoms with van der Waals surface area (Å²) >= 11 is 1.01. The van der Waals surface area contributed by atoms with Gasteiger partial charge >= 0.3 is 0 Å². The van der Waals surface area contributed by atoms with Gasteiger partial charge in [0.25, 0.3) is 5.91 Å². The minimum absolute atomic E-state index is 0.116. The molecule has 0 saturated heterocycles. The summed E-state index contributed by atoms with van der Waals surface area (Å²) in [6.07, 6.45) is 0. The Hall–Kier alpha value is -2.09. The van der Waals surface area contributed by atoms with E-state index in [9.17, 15) is 18.0 Å². The largest absolute Gasteiger partial charge is 0.375 e. The molecule has 3 N–H and O–H groups in total. The van der Waals surface area contributed by atoms with Crippen LogP contribution in [0.1, 0.15) is 20.9 Å². The molecule has 1 aromatic carbocycles. The highest BCUT2D eigenvalue weighted by Gasteiger charge is 2.15. The highest BCUT2D eigenvalue weighted by atomic mass is 32.1. The molecule has 0 aliphatic heterocycles. The standard InChI is InChI=1S/C12H10F3N3OS/c1-5-10(20-12(16)18-5)11(19)17-4-6-2-7(13)9(15)8(14)3-6/h2-3H,4H2,1H3,(H2,16,18)(H,17,19). The highest BCUT2D eigenvalue weighted by molar-refractivity contribution is 7.17. The van der Waals surface area contributed by atoms with Crippen LogP contribution in [0.5, 0.6) is 0 Å². The van der Waals surface area contributed by atoms with Crippen LogP contribution < -0.4 is 11.1 Å². The summed E-state index contributed by atoms with van der Waals surface area (Å²) in [5.41, 5.74) is 6.06. The first kappa shape index (κ1) is 14.3. The van der Waals surface area contributed by atoms with Gasteiger partial charge in [-0.3, -0.25) is 4.79 Å². The summed E-state index contributed by atoms with van der Waals surface area (Å²) in [5.74, 6) is -4.59. The van der Waals surface area contributed by atoms with Gasteiger partial charge in [0, 0.05) is 6.54 Å². The first-order valence-corrected chi connectivity index (χ1v) is 6.34. The van der Waals surface area contributed by atoms with Crippen molar-refractivity contribution < 1.29 is 18.0 Å². The number of nitrogen functional groups attached to an aromatic ring is 1. The number of carbonyl (C=O) groups excluding carboxylic acids is 1. The van der Waals surface area contributed by atoms with Crippen LogP contribution in [-0.4, -0.2) is 10.9 Å². The van der Waals surface area contributed by atoms with Gasteiger partial charge in [-0.2, -0.15) is 0 Å². The molecule has 0 fully saturated rings. The van der Waals surface area contributed by atoms with E-state index in [4.69, 9.17) is 5.73 Å². The summed E-state index contributed by atoms with van der Waals surface area (Å²) in [4.78, 5) is 16.0. The van der Waals surface area contributed by atoms with Crippen molar-refractivity contribution in [3.8, 4) is 0 Å². The average molecular weight is 301 g/mol. The Bertz CT molecular complexity index is 649. The minimum atomic E-state index is -1.54. The third-order valence-electron chi connectivity index (χ3n) is 2.52. The van der Waals surface area contributed by atoms with Crippen molar-refractivity contribution in [3.63, 3.8) is 0 Å². The van der Waals surface area contributed by atoms with Gasteiger partial charge in [0.15, 0.2) is 22.6 Å². The number of nitrogens with two attached hydrogens (primary N) is 1. The highest BCUT2D eigenvalue weighted by Crippen LogP contribution is 2.19. The van der Waals surface area contributed by atoms with Gasteiger partial charge in [-0.1, -0.05) is 11.3 Å². The summed E-state index contributed by atoms with van der Waals surface area (Å²) in [6.45, 7) is 1.49. The van der Waals surface area contributed by atoms with Crippen molar-refractivity contribution in [1.29, 1.82) is 0 Å². The minimum Gasteiger partial charge on any atom is -0.375 e. The number of carbonyl (C=O) groups is 1. The van der Waals surface area contributed by atoms with E-state index in [2.05, 4.69) is 10.3 Å². The van der Waals surface area contributed by atoms with Gasteiger partial charge in [-0.15, -0.1) is 0 Å². The quantitative estimate of drug-likeness (QED) is 0.855. The number of rotatable bonds is 3. The van der Waals surface area contributed by atoms with Crippen molar-refractivity contribution in [3.05, 3.63) is 45.7 Å². The number of anilines is 1. The summed E-state index contributed by atoms with van der Waals surface area (Å²) < 4.78 is 38.8. The van der Waals surface area contributed by atoms with Crippen molar-refractivity contribution in [1.82, 2.24) is 10.3 Å². The number of thiazole rings is 1. The van der Waals surface area contributed by atoms with Crippen LogP contribution in [-0.2, 0) is 6.54 Å². The predicted octanol–water partition coefficient (Wildman–Crippen LogP) is 2.38. The number of aryl methyl sites for hydroxylation is 1. The smallest absolute Gasteiger partial charge is 0.263 e. The molecule has 2 aromatic rings. The molecule has 106 valence electrons. The van der Waals surface area contributed by atoms with E-state index in [0.29, 0.717) is 10.6 Å². The molecule has 1 amide bonds. The maximum Gasteiger partial charge on any atom is 0.263 e. The molecule has 1 aromatic heterocycles.